The zero-order valence-electron chi connectivity index (χ0n) is 25.1. The van der Waals surface area contributed by atoms with E-state index in [1.807, 2.05) is 82.9 Å². The Morgan fingerprint density at radius 2 is 1.56 bits per heavy atom. The Labute approximate surface area is 294 Å². The van der Waals surface area contributed by atoms with E-state index in [2.05, 4.69) is 20.9 Å². The van der Waals surface area contributed by atoms with Crippen molar-refractivity contribution in [1.82, 2.24) is 10.3 Å². The number of aromatic nitrogens is 1. The number of hydrogen-bond acceptors (Lipinski definition) is 7. The fraction of sp³-hybridized carbons (Fsp3) is 0.0270. The van der Waals surface area contributed by atoms with Crippen molar-refractivity contribution in [2.75, 3.05) is 10.6 Å². The molecule has 0 bridgehead atoms. The third-order valence-electron chi connectivity index (χ3n) is 6.95. The molecule has 6 rings (SSSR count). The number of thioether (sulfide) groups is 1. The minimum absolute atomic E-state index is 0.0986. The molecule has 0 aliphatic rings. The number of thiazole rings is 1. The van der Waals surface area contributed by atoms with Gasteiger partial charge in [-0.2, -0.15) is 11.3 Å². The van der Waals surface area contributed by atoms with Crippen LogP contribution in [0.4, 0.5) is 10.8 Å². The first-order valence-electron chi connectivity index (χ1n) is 14.7. The molecule has 6 aromatic rings. The summed E-state index contributed by atoms with van der Waals surface area (Å²) in [5.74, 6) is -1.12. The van der Waals surface area contributed by atoms with Gasteiger partial charge in [-0.1, -0.05) is 84.4 Å². The molecule has 1 unspecified atom stereocenters. The summed E-state index contributed by atoms with van der Waals surface area (Å²) in [7, 11) is 0. The number of rotatable bonds is 11. The second kappa shape index (κ2) is 15.7. The minimum atomic E-state index is -0.621. The fourth-order valence-electron chi connectivity index (χ4n) is 4.64. The van der Waals surface area contributed by atoms with Gasteiger partial charge in [0.2, 0.25) is 5.91 Å². The lowest BCUT2D eigenvalue weighted by atomic mass is 10.1. The Morgan fingerprint density at radius 1 is 0.812 bits per heavy atom. The van der Waals surface area contributed by atoms with Crippen LogP contribution in [0.3, 0.4) is 0 Å². The highest BCUT2D eigenvalue weighted by Crippen LogP contribution is 2.38. The molecule has 0 radical (unpaired) electrons. The average Bonchev–Trinajstić information content (AvgIpc) is 3.80. The second-order valence-electron chi connectivity index (χ2n) is 10.3. The highest BCUT2D eigenvalue weighted by Gasteiger charge is 2.24. The van der Waals surface area contributed by atoms with Crippen LogP contribution in [-0.4, -0.2) is 22.7 Å². The first-order chi connectivity index (χ1) is 23.4. The number of thiophene rings is 1. The molecule has 2 aromatic heterocycles. The smallest absolute Gasteiger partial charge is 0.272 e. The van der Waals surface area contributed by atoms with Crippen molar-refractivity contribution < 1.29 is 14.4 Å². The van der Waals surface area contributed by atoms with E-state index in [9.17, 15) is 14.4 Å². The standard InChI is InChI=1S/C37H27ClN4O3S3/c38-30-17-8-7-16-29(30)32-23-47-37(41-32)42-36(45)33(25-10-3-1-4-11-25)48-28-15-9-14-27(21-28)39-35(44)31(20-24-18-19-46-22-24)40-34(43)26-12-5-2-6-13-26/h1-23,33H,(H,39,44)(H,40,43)(H,41,42,45)/b31-20-. The van der Waals surface area contributed by atoms with Crippen molar-refractivity contribution in [2.24, 2.45) is 0 Å². The Balaban J connectivity index is 1.20. The molecule has 238 valence electrons. The fourth-order valence-corrected chi connectivity index (χ4v) is 7.29. The lowest BCUT2D eigenvalue weighted by Gasteiger charge is -2.17. The molecule has 0 fully saturated rings. The average molecular weight is 707 g/mol. The molecule has 4 aromatic carbocycles. The Kier molecular flexibility index (Phi) is 10.8. The molecule has 3 N–H and O–H groups in total. The lowest BCUT2D eigenvalue weighted by molar-refractivity contribution is -0.116. The molecule has 7 nitrogen and oxygen atoms in total. The summed E-state index contributed by atoms with van der Waals surface area (Å²) >= 11 is 10.5. The molecule has 0 aliphatic heterocycles. The number of halogens is 1. The topological polar surface area (TPSA) is 100 Å². The van der Waals surface area contributed by atoms with E-state index < -0.39 is 17.1 Å². The van der Waals surface area contributed by atoms with Gasteiger partial charge in [0.05, 0.1) is 5.69 Å². The number of hydrogen-bond donors (Lipinski definition) is 3. The number of carbonyl (C=O) groups excluding carboxylic acids is 3. The maximum absolute atomic E-state index is 13.7. The van der Waals surface area contributed by atoms with E-state index in [-0.39, 0.29) is 11.6 Å². The molecule has 3 amide bonds. The molecule has 0 saturated heterocycles. The summed E-state index contributed by atoms with van der Waals surface area (Å²) in [6, 6.07) is 34.7. The normalized spacial score (nSPS) is 11.8. The van der Waals surface area contributed by atoms with Crippen molar-refractivity contribution >= 4 is 80.7 Å². The van der Waals surface area contributed by atoms with Gasteiger partial charge in [0.15, 0.2) is 5.13 Å². The first-order valence-corrected chi connectivity index (χ1v) is 17.8. The number of carbonyl (C=O) groups is 3. The molecule has 0 saturated carbocycles. The molecule has 1 atom stereocenters. The lowest BCUT2D eigenvalue weighted by Crippen LogP contribution is -2.30. The van der Waals surface area contributed by atoms with E-state index >= 15 is 0 Å². The van der Waals surface area contributed by atoms with Gasteiger partial charge in [-0.25, -0.2) is 4.98 Å². The van der Waals surface area contributed by atoms with Crippen LogP contribution in [0.5, 0.6) is 0 Å². The zero-order valence-corrected chi connectivity index (χ0v) is 28.3. The SMILES string of the molecule is O=C(Nc1cccc(SC(C(=O)Nc2nc(-c3ccccc3Cl)cs2)c2ccccc2)c1)/C(=C/c1ccsc1)NC(=O)c1ccccc1. The van der Waals surface area contributed by atoms with Gasteiger partial charge in [-0.05, 0) is 70.4 Å². The van der Waals surface area contributed by atoms with Crippen molar-refractivity contribution in [2.45, 2.75) is 10.1 Å². The minimum Gasteiger partial charge on any atom is -0.321 e. The molecular formula is C37H27ClN4O3S3. The molecule has 0 spiro atoms. The number of benzene rings is 4. The summed E-state index contributed by atoms with van der Waals surface area (Å²) in [5, 5.41) is 14.7. The van der Waals surface area contributed by atoms with Crippen molar-refractivity contribution in [3.8, 4) is 11.3 Å². The molecule has 2 heterocycles. The van der Waals surface area contributed by atoms with Crippen LogP contribution in [0, 0.1) is 0 Å². The van der Waals surface area contributed by atoms with Gasteiger partial charge in [0, 0.05) is 32.1 Å². The maximum Gasteiger partial charge on any atom is 0.272 e. The van der Waals surface area contributed by atoms with Crippen LogP contribution in [0.1, 0.15) is 26.7 Å². The molecule has 11 heteroatoms. The van der Waals surface area contributed by atoms with Crippen LogP contribution < -0.4 is 16.0 Å². The summed E-state index contributed by atoms with van der Waals surface area (Å²) in [6.45, 7) is 0. The Bertz CT molecular complexity index is 2070. The van der Waals surface area contributed by atoms with E-state index in [1.54, 1.807) is 54.6 Å². The van der Waals surface area contributed by atoms with Crippen LogP contribution in [0.25, 0.3) is 17.3 Å². The van der Waals surface area contributed by atoms with Gasteiger partial charge in [0.1, 0.15) is 10.9 Å². The van der Waals surface area contributed by atoms with Gasteiger partial charge in [0.25, 0.3) is 11.8 Å². The monoisotopic (exact) mass is 706 g/mol. The molecular weight excluding hydrogens is 680 g/mol. The number of nitrogens with zero attached hydrogens (tertiary/aromatic N) is 1. The third-order valence-corrected chi connectivity index (χ3v) is 9.99. The van der Waals surface area contributed by atoms with Crippen molar-refractivity contribution in [1.29, 1.82) is 0 Å². The number of amides is 3. The molecule has 48 heavy (non-hydrogen) atoms. The van der Waals surface area contributed by atoms with Gasteiger partial charge < -0.3 is 16.0 Å². The summed E-state index contributed by atoms with van der Waals surface area (Å²) in [5.41, 5.74) is 4.11. The Hall–Kier alpha value is -5.00. The van der Waals surface area contributed by atoms with Gasteiger partial charge in [-0.3, -0.25) is 14.4 Å². The highest BCUT2D eigenvalue weighted by molar-refractivity contribution is 8.00. The second-order valence-corrected chi connectivity index (χ2v) is 13.6. The number of nitrogens with one attached hydrogen (secondary N) is 3. The van der Waals surface area contributed by atoms with Crippen LogP contribution in [0.15, 0.2) is 142 Å². The van der Waals surface area contributed by atoms with E-state index in [4.69, 9.17) is 11.6 Å². The summed E-state index contributed by atoms with van der Waals surface area (Å²) in [4.78, 5) is 45.6. The maximum atomic E-state index is 13.7. The predicted octanol–water partition coefficient (Wildman–Crippen LogP) is 9.41. The summed E-state index contributed by atoms with van der Waals surface area (Å²) in [6.07, 6.45) is 1.64. The van der Waals surface area contributed by atoms with Crippen LogP contribution in [-0.2, 0) is 9.59 Å². The largest absolute Gasteiger partial charge is 0.321 e. The number of anilines is 2. The Morgan fingerprint density at radius 3 is 2.31 bits per heavy atom. The highest BCUT2D eigenvalue weighted by atomic mass is 35.5. The van der Waals surface area contributed by atoms with Crippen LogP contribution in [0.2, 0.25) is 5.02 Å². The van der Waals surface area contributed by atoms with E-state index in [0.29, 0.717) is 27.1 Å². The molecule has 0 aliphatic carbocycles. The van der Waals surface area contributed by atoms with E-state index in [1.165, 1.54) is 34.4 Å². The van der Waals surface area contributed by atoms with E-state index in [0.717, 1.165) is 21.6 Å². The quantitative estimate of drug-likeness (QED) is 0.0921. The first kappa shape index (κ1) is 32.9. The van der Waals surface area contributed by atoms with Crippen molar-refractivity contribution in [3.63, 3.8) is 0 Å². The van der Waals surface area contributed by atoms with Gasteiger partial charge >= 0.3 is 0 Å². The predicted molar refractivity (Wildman–Crippen MR) is 198 cm³/mol. The van der Waals surface area contributed by atoms with Gasteiger partial charge in [-0.15, -0.1) is 23.1 Å². The van der Waals surface area contributed by atoms with Crippen LogP contribution >= 0.6 is 46.0 Å². The zero-order chi connectivity index (χ0) is 33.3. The third kappa shape index (κ3) is 8.47. The van der Waals surface area contributed by atoms with Crippen molar-refractivity contribution in [3.05, 3.63) is 159 Å². The summed E-state index contributed by atoms with van der Waals surface area (Å²) < 4.78 is 0.